The molecule has 2 N–H and O–H groups in total. The lowest BCUT2D eigenvalue weighted by Gasteiger charge is -2.41. The first kappa shape index (κ1) is 12.9. The lowest BCUT2D eigenvalue weighted by molar-refractivity contribution is 0.0847. The number of halogens is 1. The van der Waals surface area contributed by atoms with Crippen LogP contribution in [-0.4, -0.2) is 30.4 Å². The topological polar surface area (TPSA) is 41.5 Å². The van der Waals surface area contributed by atoms with Gasteiger partial charge in [0.25, 0.3) is 0 Å². The van der Waals surface area contributed by atoms with Gasteiger partial charge < -0.3 is 15.2 Å². The standard InChI is InChI=1S/C13H18BrNO2/c14-11-2-4-12(5-3-11)17-9-8-15-13(10-16)6-1-7-13/h2-5,15-16H,1,6-10H2. The number of ether oxygens (including phenoxy) is 1. The second-order valence-electron chi connectivity index (χ2n) is 4.52. The van der Waals surface area contributed by atoms with Crippen LogP contribution in [0.4, 0.5) is 0 Å². The molecule has 0 aliphatic heterocycles. The first-order chi connectivity index (χ1) is 8.24. The molecule has 1 aliphatic carbocycles. The summed E-state index contributed by atoms with van der Waals surface area (Å²) in [6.07, 6.45) is 3.35. The van der Waals surface area contributed by atoms with Crippen LogP contribution < -0.4 is 10.1 Å². The van der Waals surface area contributed by atoms with E-state index in [1.165, 1.54) is 6.42 Å². The highest BCUT2D eigenvalue weighted by atomic mass is 79.9. The van der Waals surface area contributed by atoms with Crippen LogP contribution in [0.25, 0.3) is 0 Å². The zero-order chi connectivity index (χ0) is 12.1. The molecule has 1 aliphatic rings. The second-order valence-corrected chi connectivity index (χ2v) is 5.44. The van der Waals surface area contributed by atoms with E-state index < -0.39 is 0 Å². The van der Waals surface area contributed by atoms with Crippen LogP contribution in [0.1, 0.15) is 19.3 Å². The van der Waals surface area contributed by atoms with E-state index in [2.05, 4.69) is 21.2 Å². The fraction of sp³-hybridized carbons (Fsp3) is 0.538. The molecular weight excluding hydrogens is 282 g/mol. The van der Waals surface area contributed by atoms with Gasteiger partial charge in [0.15, 0.2) is 0 Å². The number of aliphatic hydroxyl groups is 1. The van der Waals surface area contributed by atoms with E-state index in [4.69, 9.17) is 4.74 Å². The first-order valence-corrected chi connectivity index (χ1v) is 6.78. The molecule has 0 bridgehead atoms. The molecule has 0 atom stereocenters. The van der Waals surface area contributed by atoms with Gasteiger partial charge in [0.05, 0.1) is 6.61 Å². The van der Waals surface area contributed by atoms with Crippen LogP contribution in [0.3, 0.4) is 0 Å². The van der Waals surface area contributed by atoms with Crippen LogP contribution in [0.2, 0.25) is 0 Å². The number of rotatable bonds is 6. The normalized spacial score (nSPS) is 17.5. The van der Waals surface area contributed by atoms with Gasteiger partial charge in [-0.2, -0.15) is 0 Å². The summed E-state index contributed by atoms with van der Waals surface area (Å²) in [5.74, 6) is 0.877. The summed E-state index contributed by atoms with van der Waals surface area (Å²) in [7, 11) is 0. The van der Waals surface area contributed by atoms with Crippen molar-refractivity contribution in [3.63, 3.8) is 0 Å². The first-order valence-electron chi connectivity index (χ1n) is 5.98. The van der Waals surface area contributed by atoms with E-state index in [0.717, 1.165) is 29.6 Å². The maximum absolute atomic E-state index is 9.27. The maximum Gasteiger partial charge on any atom is 0.119 e. The predicted molar refractivity (Wildman–Crippen MR) is 71.3 cm³/mol. The zero-order valence-corrected chi connectivity index (χ0v) is 11.4. The lowest BCUT2D eigenvalue weighted by Crippen LogP contribution is -2.54. The van der Waals surface area contributed by atoms with Gasteiger partial charge in [-0.25, -0.2) is 0 Å². The third-order valence-electron chi connectivity index (χ3n) is 3.30. The molecule has 2 rings (SSSR count). The van der Waals surface area contributed by atoms with Gasteiger partial charge in [-0.3, -0.25) is 0 Å². The monoisotopic (exact) mass is 299 g/mol. The van der Waals surface area contributed by atoms with E-state index >= 15 is 0 Å². The van der Waals surface area contributed by atoms with E-state index in [-0.39, 0.29) is 12.1 Å². The Morgan fingerprint density at radius 3 is 2.53 bits per heavy atom. The van der Waals surface area contributed by atoms with Gasteiger partial charge in [0, 0.05) is 16.6 Å². The Bertz CT molecular complexity index is 343. The molecular formula is C13H18BrNO2. The molecule has 17 heavy (non-hydrogen) atoms. The summed E-state index contributed by atoms with van der Waals surface area (Å²) >= 11 is 3.38. The smallest absolute Gasteiger partial charge is 0.119 e. The molecule has 0 aromatic heterocycles. The fourth-order valence-corrected chi connectivity index (χ4v) is 2.27. The molecule has 0 radical (unpaired) electrons. The fourth-order valence-electron chi connectivity index (χ4n) is 2.01. The van der Waals surface area contributed by atoms with Crippen LogP contribution in [-0.2, 0) is 0 Å². The van der Waals surface area contributed by atoms with Crippen molar-refractivity contribution in [2.45, 2.75) is 24.8 Å². The molecule has 4 heteroatoms. The molecule has 0 saturated heterocycles. The highest BCUT2D eigenvalue weighted by Crippen LogP contribution is 2.30. The van der Waals surface area contributed by atoms with Crippen molar-refractivity contribution in [3.8, 4) is 5.75 Å². The van der Waals surface area contributed by atoms with Crippen molar-refractivity contribution >= 4 is 15.9 Å². The van der Waals surface area contributed by atoms with Crippen molar-refractivity contribution < 1.29 is 9.84 Å². The van der Waals surface area contributed by atoms with Crippen LogP contribution in [0, 0.1) is 0 Å². The molecule has 0 spiro atoms. The van der Waals surface area contributed by atoms with Crippen molar-refractivity contribution in [2.75, 3.05) is 19.8 Å². The Labute approximate surface area is 110 Å². The van der Waals surface area contributed by atoms with E-state index in [9.17, 15) is 5.11 Å². The van der Waals surface area contributed by atoms with Crippen LogP contribution in [0.15, 0.2) is 28.7 Å². The highest BCUT2D eigenvalue weighted by Gasteiger charge is 2.35. The highest BCUT2D eigenvalue weighted by molar-refractivity contribution is 9.10. The van der Waals surface area contributed by atoms with Gasteiger partial charge in [-0.15, -0.1) is 0 Å². The van der Waals surface area contributed by atoms with Gasteiger partial charge in [0.2, 0.25) is 0 Å². The summed E-state index contributed by atoms with van der Waals surface area (Å²) in [5, 5.41) is 12.7. The Balaban J connectivity index is 1.67. The molecule has 94 valence electrons. The quantitative estimate of drug-likeness (QED) is 0.792. The number of benzene rings is 1. The van der Waals surface area contributed by atoms with Crippen molar-refractivity contribution in [3.05, 3.63) is 28.7 Å². The number of hydrogen-bond donors (Lipinski definition) is 2. The van der Waals surface area contributed by atoms with Crippen molar-refractivity contribution in [1.29, 1.82) is 0 Å². The molecule has 1 aromatic carbocycles. The summed E-state index contributed by atoms with van der Waals surface area (Å²) < 4.78 is 6.66. The van der Waals surface area contributed by atoms with Gasteiger partial charge in [-0.05, 0) is 43.5 Å². The minimum atomic E-state index is -0.0247. The van der Waals surface area contributed by atoms with E-state index in [1.54, 1.807) is 0 Å². The maximum atomic E-state index is 9.27. The summed E-state index contributed by atoms with van der Waals surface area (Å²) in [5.41, 5.74) is -0.0247. The zero-order valence-electron chi connectivity index (χ0n) is 9.79. The molecule has 1 saturated carbocycles. The van der Waals surface area contributed by atoms with Gasteiger partial charge in [0.1, 0.15) is 12.4 Å². The van der Waals surface area contributed by atoms with Crippen molar-refractivity contribution in [2.24, 2.45) is 0 Å². The van der Waals surface area contributed by atoms with E-state index in [0.29, 0.717) is 6.61 Å². The third-order valence-corrected chi connectivity index (χ3v) is 3.83. The average molecular weight is 300 g/mol. The minimum Gasteiger partial charge on any atom is -0.492 e. The third kappa shape index (κ3) is 3.44. The van der Waals surface area contributed by atoms with Crippen molar-refractivity contribution in [1.82, 2.24) is 5.32 Å². The average Bonchev–Trinajstić information content (AvgIpc) is 2.30. The molecule has 0 amide bonds. The minimum absolute atomic E-state index is 0.0247. The SMILES string of the molecule is OCC1(NCCOc2ccc(Br)cc2)CCC1. The molecule has 3 nitrogen and oxygen atoms in total. The van der Waals surface area contributed by atoms with E-state index in [1.807, 2.05) is 24.3 Å². The Kier molecular flexibility index (Phi) is 4.42. The lowest BCUT2D eigenvalue weighted by atomic mass is 9.77. The van der Waals surface area contributed by atoms with Crippen LogP contribution in [0.5, 0.6) is 5.75 Å². The van der Waals surface area contributed by atoms with Crippen LogP contribution >= 0.6 is 15.9 Å². The number of hydrogen-bond acceptors (Lipinski definition) is 3. The Morgan fingerprint density at radius 2 is 2.00 bits per heavy atom. The summed E-state index contributed by atoms with van der Waals surface area (Å²) in [6.45, 7) is 1.63. The molecule has 1 fully saturated rings. The Morgan fingerprint density at radius 1 is 1.29 bits per heavy atom. The molecule has 1 aromatic rings. The van der Waals surface area contributed by atoms with Gasteiger partial charge >= 0.3 is 0 Å². The second kappa shape index (κ2) is 5.85. The summed E-state index contributed by atoms with van der Waals surface area (Å²) in [4.78, 5) is 0. The van der Waals surface area contributed by atoms with Gasteiger partial charge in [-0.1, -0.05) is 15.9 Å². The summed E-state index contributed by atoms with van der Waals surface area (Å²) in [6, 6.07) is 7.80. The number of aliphatic hydroxyl groups excluding tert-OH is 1. The molecule has 0 unspecified atom stereocenters. The predicted octanol–water partition coefficient (Wildman–Crippen LogP) is 2.33. The molecule has 0 heterocycles. The number of nitrogens with one attached hydrogen (secondary N) is 1. The largest absolute Gasteiger partial charge is 0.492 e. The Hall–Kier alpha value is -0.580.